The fourth-order valence-corrected chi connectivity index (χ4v) is 1.31. The summed E-state index contributed by atoms with van der Waals surface area (Å²) in [6.45, 7) is 4.30. The van der Waals surface area contributed by atoms with Gasteiger partial charge in [-0.05, 0) is 26.0 Å². The van der Waals surface area contributed by atoms with Crippen molar-refractivity contribution in [1.29, 1.82) is 5.26 Å². The molecular weight excluding hydrogens is 202 g/mol. The van der Waals surface area contributed by atoms with E-state index in [9.17, 15) is 0 Å². The average Bonchev–Trinajstić information content (AvgIpc) is 2.29. The zero-order valence-corrected chi connectivity index (χ0v) is 9.94. The van der Waals surface area contributed by atoms with E-state index in [-0.39, 0.29) is 6.61 Å². The second-order valence-corrected chi connectivity index (χ2v) is 4.26. The van der Waals surface area contributed by atoms with Gasteiger partial charge in [0.2, 0.25) is 0 Å². The van der Waals surface area contributed by atoms with Crippen LogP contribution in [0, 0.1) is 11.3 Å². The molecule has 0 aliphatic rings. The first-order chi connectivity index (χ1) is 7.51. The van der Waals surface area contributed by atoms with Gasteiger partial charge in [-0.25, -0.2) is 4.98 Å². The van der Waals surface area contributed by atoms with Gasteiger partial charge in [0.05, 0.1) is 23.8 Å². The van der Waals surface area contributed by atoms with Gasteiger partial charge in [-0.1, -0.05) is 6.07 Å². The first-order valence-corrected chi connectivity index (χ1v) is 5.22. The van der Waals surface area contributed by atoms with Crippen LogP contribution in [-0.2, 0) is 5.41 Å². The molecule has 0 aliphatic heterocycles. The molecule has 0 saturated carbocycles. The Morgan fingerprint density at radius 2 is 2.19 bits per heavy atom. The maximum atomic E-state index is 9.04. The second kappa shape index (κ2) is 4.95. The molecule has 0 bridgehead atoms. The Bertz CT molecular complexity index is 395. The van der Waals surface area contributed by atoms with Crippen LogP contribution in [0.1, 0.15) is 19.5 Å². The molecule has 0 aliphatic carbocycles. The second-order valence-electron chi connectivity index (χ2n) is 4.26. The van der Waals surface area contributed by atoms with E-state index in [1.165, 1.54) is 0 Å². The third-order valence-corrected chi connectivity index (χ3v) is 2.48. The van der Waals surface area contributed by atoms with Crippen LogP contribution in [0.15, 0.2) is 18.2 Å². The Morgan fingerprint density at radius 3 is 2.75 bits per heavy atom. The topological polar surface area (TPSA) is 60.1 Å². The number of hydrogen-bond donors (Lipinski definition) is 1. The van der Waals surface area contributed by atoms with Crippen LogP contribution in [0.2, 0.25) is 0 Å². The number of nitrogens with zero attached hydrogens (tertiary/aromatic N) is 3. The summed E-state index contributed by atoms with van der Waals surface area (Å²) in [4.78, 5) is 6.28. The first-order valence-electron chi connectivity index (χ1n) is 5.22. The van der Waals surface area contributed by atoms with Gasteiger partial charge in [-0.3, -0.25) is 0 Å². The number of pyridine rings is 1. The summed E-state index contributed by atoms with van der Waals surface area (Å²) in [5, 5.41) is 17.9. The maximum absolute atomic E-state index is 9.04. The smallest absolute Gasteiger partial charge is 0.128 e. The van der Waals surface area contributed by atoms with Crippen LogP contribution in [0.3, 0.4) is 0 Å². The van der Waals surface area contributed by atoms with Gasteiger partial charge >= 0.3 is 0 Å². The lowest BCUT2D eigenvalue weighted by Crippen LogP contribution is -2.24. The molecule has 0 fully saturated rings. The SMILES string of the molecule is CN(CCO)c1cccc(C(C)(C)C#N)n1. The van der Waals surface area contributed by atoms with E-state index in [4.69, 9.17) is 10.4 Å². The Hall–Kier alpha value is -1.60. The largest absolute Gasteiger partial charge is 0.395 e. The lowest BCUT2D eigenvalue weighted by molar-refractivity contribution is 0.304. The number of nitriles is 1. The zero-order valence-electron chi connectivity index (χ0n) is 9.94. The lowest BCUT2D eigenvalue weighted by Gasteiger charge is -2.20. The summed E-state index contributed by atoms with van der Waals surface area (Å²) in [6.07, 6.45) is 0. The Balaban J connectivity index is 3.01. The van der Waals surface area contributed by atoms with Gasteiger partial charge in [0, 0.05) is 13.6 Å². The molecule has 0 atom stereocenters. The van der Waals surface area contributed by atoms with Gasteiger partial charge in [0.15, 0.2) is 0 Å². The Labute approximate surface area is 96.2 Å². The van der Waals surface area contributed by atoms with Gasteiger partial charge in [0.1, 0.15) is 5.82 Å². The van der Waals surface area contributed by atoms with E-state index in [1.54, 1.807) is 0 Å². The quantitative estimate of drug-likeness (QED) is 0.829. The molecule has 16 heavy (non-hydrogen) atoms. The van der Waals surface area contributed by atoms with E-state index in [1.807, 2.05) is 44.0 Å². The van der Waals surface area contributed by atoms with Gasteiger partial charge in [-0.15, -0.1) is 0 Å². The number of hydrogen-bond acceptors (Lipinski definition) is 4. The van der Waals surface area contributed by atoms with E-state index in [0.29, 0.717) is 6.54 Å². The molecule has 0 aromatic carbocycles. The molecule has 1 aromatic rings. The number of aliphatic hydroxyl groups excluding tert-OH is 1. The molecule has 0 unspecified atom stereocenters. The van der Waals surface area contributed by atoms with Crippen LogP contribution in [0.5, 0.6) is 0 Å². The molecule has 4 nitrogen and oxygen atoms in total. The predicted molar refractivity (Wildman–Crippen MR) is 63.2 cm³/mol. The molecule has 1 heterocycles. The van der Waals surface area contributed by atoms with Crippen LogP contribution >= 0.6 is 0 Å². The third-order valence-electron chi connectivity index (χ3n) is 2.48. The average molecular weight is 219 g/mol. The molecule has 0 spiro atoms. The number of rotatable bonds is 4. The van der Waals surface area contributed by atoms with Crippen molar-refractivity contribution in [3.05, 3.63) is 23.9 Å². The molecule has 0 radical (unpaired) electrons. The van der Waals surface area contributed by atoms with Crippen LogP contribution in [0.25, 0.3) is 0 Å². The monoisotopic (exact) mass is 219 g/mol. The summed E-state index contributed by atoms with van der Waals surface area (Å²) < 4.78 is 0. The minimum absolute atomic E-state index is 0.0874. The highest BCUT2D eigenvalue weighted by atomic mass is 16.3. The highest BCUT2D eigenvalue weighted by Gasteiger charge is 2.21. The van der Waals surface area contributed by atoms with Crippen LogP contribution < -0.4 is 4.90 Å². The normalized spacial score (nSPS) is 10.9. The Morgan fingerprint density at radius 1 is 1.50 bits per heavy atom. The highest BCUT2D eigenvalue weighted by molar-refractivity contribution is 5.40. The van der Waals surface area contributed by atoms with Crippen molar-refractivity contribution in [2.45, 2.75) is 19.3 Å². The van der Waals surface area contributed by atoms with Crippen molar-refractivity contribution in [3.63, 3.8) is 0 Å². The predicted octanol–water partition coefficient (Wildman–Crippen LogP) is 1.31. The fourth-order valence-electron chi connectivity index (χ4n) is 1.31. The molecule has 1 N–H and O–H groups in total. The molecule has 4 heteroatoms. The van der Waals surface area contributed by atoms with Gasteiger partial charge in [-0.2, -0.15) is 5.26 Å². The summed E-state index contributed by atoms with van der Waals surface area (Å²) in [5.41, 5.74) is 0.160. The molecule has 0 saturated heterocycles. The van der Waals surface area contributed by atoms with Crippen molar-refractivity contribution in [3.8, 4) is 6.07 Å². The minimum atomic E-state index is -0.587. The summed E-state index contributed by atoms with van der Waals surface area (Å²) in [6, 6.07) is 7.82. The molecule has 86 valence electrons. The molecule has 1 rings (SSSR count). The van der Waals surface area contributed by atoms with E-state index < -0.39 is 5.41 Å². The lowest BCUT2D eigenvalue weighted by atomic mass is 9.91. The van der Waals surface area contributed by atoms with Crippen molar-refractivity contribution >= 4 is 5.82 Å². The minimum Gasteiger partial charge on any atom is -0.395 e. The standard InChI is InChI=1S/C12H17N3O/c1-12(2,9-13)10-5-4-6-11(14-10)15(3)7-8-16/h4-6,16H,7-8H2,1-3H3. The molecule has 0 amide bonds. The number of anilines is 1. The van der Waals surface area contributed by atoms with Gasteiger partial charge in [0.25, 0.3) is 0 Å². The highest BCUT2D eigenvalue weighted by Crippen LogP contribution is 2.22. The van der Waals surface area contributed by atoms with Gasteiger partial charge < -0.3 is 10.0 Å². The van der Waals surface area contributed by atoms with Crippen LogP contribution in [-0.4, -0.2) is 30.3 Å². The summed E-state index contributed by atoms with van der Waals surface area (Å²) in [7, 11) is 1.86. The summed E-state index contributed by atoms with van der Waals surface area (Å²) >= 11 is 0. The number of aliphatic hydroxyl groups is 1. The molecular formula is C12H17N3O. The number of aromatic nitrogens is 1. The van der Waals surface area contributed by atoms with Crippen molar-refractivity contribution in [2.75, 3.05) is 25.1 Å². The van der Waals surface area contributed by atoms with Crippen molar-refractivity contribution in [1.82, 2.24) is 4.98 Å². The van der Waals surface area contributed by atoms with Crippen molar-refractivity contribution < 1.29 is 5.11 Å². The zero-order chi connectivity index (χ0) is 12.2. The summed E-state index contributed by atoms with van der Waals surface area (Å²) in [5.74, 6) is 0.773. The fraction of sp³-hybridized carbons (Fsp3) is 0.500. The third kappa shape index (κ3) is 2.71. The van der Waals surface area contributed by atoms with E-state index in [2.05, 4.69) is 11.1 Å². The first kappa shape index (κ1) is 12.5. The van der Waals surface area contributed by atoms with Crippen molar-refractivity contribution in [2.24, 2.45) is 0 Å². The van der Waals surface area contributed by atoms with E-state index in [0.717, 1.165) is 11.5 Å². The maximum Gasteiger partial charge on any atom is 0.128 e. The number of likely N-dealkylation sites (N-methyl/N-ethyl adjacent to an activating group) is 1. The molecule has 1 aromatic heterocycles. The van der Waals surface area contributed by atoms with Crippen LogP contribution in [0.4, 0.5) is 5.82 Å². The van der Waals surface area contributed by atoms with E-state index >= 15 is 0 Å². The Kier molecular flexibility index (Phi) is 3.86.